The van der Waals surface area contributed by atoms with Gasteiger partial charge in [0.05, 0.1) is 0 Å². The van der Waals surface area contributed by atoms with Gasteiger partial charge in [-0.2, -0.15) is 0 Å². The standard InChI is InChI=1S/C66H43NO.C62H41NO/c1-3-12-44(13-4-1)46-22-26-48(27-23-46)50-30-35-53(36-31-50)67(54-37-32-51(33-38-54)49-28-24-47(25-29-49)45-14-5-2-6-15-45)55-39-41-60-59-40-34-52(42-63(59)57-16-7-8-17-58(57)64(60)43-55)56-19-11-20-62-61-18-9-10-21-65(61)68-66(56)62;1-3-10-42(11-4-1)44-18-22-46(23-19-44)48-28-33-53(34-29-48)63(54-35-30-49(31-36-54)47-24-20-45(21-25-47)43-12-5-2-6-13-43)55-37-39-57-52(41-55)27-26-50-40-51(32-38-56(50)57)58-15-9-16-60-59-14-7-8-17-61(59)64-62(58)60/h1-43H;1-41H. The Kier molecular flexibility index (Phi) is 19.9. The molecule has 2 aromatic heterocycles. The summed E-state index contributed by atoms with van der Waals surface area (Å²) in [6.07, 6.45) is 0. The lowest BCUT2D eigenvalue weighted by Crippen LogP contribution is -2.10. The Morgan fingerprint density at radius 2 is 0.348 bits per heavy atom. The first kappa shape index (κ1) is 78.1. The number of fused-ring (bicyclic) bond motifs is 15. The van der Waals surface area contributed by atoms with Gasteiger partial charge in [0.15, 0.2) is 0 Å². The highest BCUT2D eigenvalue weighted by Crippen LogP contribution is 2.48. The number of anilines is 6. The number of rotatable bonds is 16. The Bertz CT molecular complexity index is 8320. The van der Waals surface area contributed by atoms with E-state index in [4.69, 9.17) is 8.83 Å². The van der Waals surface area contributed by atoms with Crippen LogP contribution in [0.1, 0.15) is 0 Å². The first-order valence-corrected chi connectivity index (χ1v) is 45.2. The van der Waals surface area contributed by atoms with E-state index in [1.807, 2.05) is 18.2 Å². The summed E-state index contributed by atoms with van der Waals surface area (Å²) in [4.78, 5) is 4.76. The summed E-state index contributed by atoms with van der Waals surface area (Å²) in [6, 6.07) is 184. The lowest BCUT2D eigenvalue weighted by atomic mass is 9.91. The van der Waals surface area contributed by atoms with E-state index in [1.165, 1.54) is 143 Å². The van der Waals surface area contributed by atoms with Gasteiger partial charge in [-0.25, -0.2) is 0 Å². The van der Waals surface area contributed by atoms with Gasteiger partial charge in [0.2, 0.25) is 0 Å². The minimum atomic E-state index is 0.909. The minimum Gasteiger partial charge on any atom is -0.455 e. The predicted molar refractivity (Wildman–Crippen MR) is 559 cm³/mol. The number of hydrogen-bond acceptors (Lipinski definition) is 4. The Labute approximate surface area is 766 Å². The average molecular weight is 1680 g/mol. The lowest BCUT2D eigenvalue weighted by Gasteiger charge is -2.27. The maximum absolute atomic E-state index is 6.51. The zero-order chi connectivity index (χ0) is 87.4. The van der Waals surface area contributed by atoms with Crippen molar-refractivity contribution in [3.8, 4) is 111 Å². The molecule has 0 saturated heterocycles. The molecule has 4 heteroatoms. The van der Waals surface area contributed by atoms with Gasteiger partial charge in [-0.3, -0.25) is 0 Å². The second-order valence-corrected chi connectivity index (χ2v) is 34.1. The van der Waals surface area contributed by atoms with Crippen LogP contribution in [-0.4, -0.2) is 0 Å². The molecule has 4 nitrogen and oxygen atoms in total. The van der Waals surface area contributed by atoms with E-state index in [0.29, 0.717) is 0 Å². The third-order valence-electron chi connectivity index (χ3n) is 26.4. The van der Waals surface area contributed by atoms with Gasteiger partial charge in [0.1, 0.15) is 22.3 Å². The van der Waals surface area contributed by atoms with Crippen LogP contribution in [0.5, 0.6) is 0 Å². The maximum atomic E-state index is 6.51. The van der Waals surface area contributed by atoms with E-state index in [-0.39, 0.29) is 0 Å². The topological polar surface area (TPSA) is 32.8 Å². The molecule has 0 radical (unpaired) electrons. The third-order valence-corrected chi connectivity index (χ3v) is 26.4. The van der Waals surface area contributed by atoms with Crippen LogP contribution in [-0.2, 0) is 0 Å². The van der Waals surface area contributed by atoms with Crippen molar-refractivity contribution in [1.82, 2.24) is 0 Å². The number of nitrogens with zero attached hydrogens (tertiary/aromatic N) is 2. The third kappa shape index (κ3) is 14.7. The van der Waals surface area contributed by atoms with Crippen molar-refractivity contribution < 1.29 is 8.83 Å². The highest BCUT2D eigenvalue weighted by Gasteiger charge is 2.22. The van der Waals surface area contributed by atoms with Crippen LogP contribution in [0, 0.1) is 0 Å². The molecule has 23 aromatic carbocycles. The highest BCUT2D eigenvalue weighted by atomic mass is 16.3. The zero-order valence-electron chi connectivity index (χ0n) is 72.2. The molecule has 0 aliphatic carbocycles. The molecule has 25 aromatic rings. The molecule has 618 valence electrons. The highest BCUT2D eigenvalue weighted by molar-refractivity contribution is 6.27. The van der Waals surface area contributed by atoms with E-state index in [0.717, 1.165) is 100 Å². The largest absolute Gasteiger partial charge is 0.455 e. The first-order chi connectivity index (χ1) is 65.4. The fourth-order valence-corrected chi connectivity index (χ4v) is 19.6. The van der Waals surface area contributed by atoms with Crippen molar-refractivity contribution >= 4 is 132 Å². The second kappa shape index (κ2) is 33.7. The van der Waals surface area contributed by atoms with Gasteiger partial charge in [-0.05, 0) is 251 Å². The summed E-state index contributed by atoms with van der Waals surface area (Å²) >= 11 is 0. The molecule has 25 rings (SSSR count). The van der Waals surface area contributed by atoms with Crippen LogP contribution in [0.3, 0.4) is 0 Å². The summed E-state index contributed by atoms with van der Waals surface area (Å²) < 4.78 is 12.9. The zero-order valence-corrected chi connectivity index (χ0v) is 72.2. The Balaban J connectivity index is 0.000000146. The van der Waals surface area contributed by atoms with Crippen LogP contribution >= 0.6 is 0 Å². The van der Waals surface area contributed by atoms with Crippen LogP contribution in [0.4, 0.5) is 34.1 Å². The average Bonchev–Trinajstić information content (AvgIpc) is 0.999. The van der Waals surface area contributed by atoms with E-state index in [9.17, 15) is 0 Å². The number of furan rings is 2. The summed E-state index contributed by atoms with van der Waals surface area (Å²) in [5.74, 6) is 0. The normalized spacial score (nSPS) is 11.5. The molecule has 0 saturated carbocycles. The monoisotopic (exact) mass is 1680 g/mol. The molecule has 0 spiro atoms. The number of hydrogen-bond donors (Lipinski definition) is 0. The molecular weight excluding hydrogens is 1600 g/mol. The van der Waals surface area contributed by atoms with Crippen LogP contribution in [0.25, 0.3) is 209 Å². The van der Waals surface area contributed by atoms with E-state index < -0.39 is 0 Å². The van der Waals surface area contributed by atoms with Crippen LogP contribution < -0.4 is 9.80 Å². The van der Waals surface area contributed by atoms with Gasteiger partial charge < -0.3 is 18.6 Å². The van der Waals surface area contributed by atoms with Gasteiger partial charge in [-0.1, -0.05) is 413 Å². The molecule has 0 bridgehead atoms. The van der Waals surface area contributed by atoms with Crippen LogP contribution in [0.2, 0.25) is 0 Å². The molecule has 0 amide bonds. The van der Waals surface area contributed by atoms with Gasteiger partial charge >= 0.3 is 0 Å². The molecule has 2 heterocycles. The van der Waals surface area contributed by atoms with Crippen molar-refractivity contribution in [3.05, 3.63) is 510 Å². The Morgan fingerprint density at radius 3 is 0.697 bits per heavy atom. The molecule has 0 aliphatic rings. The predicted octanol–water partition coefficient (Wildman–Crippen LogP) is 36.5. The molecule has 0 unspecified atom stereocenters. The first-order valence-electron chi connectivity index (χ1n) is 45.2. The summed E-state index contributed by atoms with van der Waals surface area (Å²) in [7, 11) is 0. The quantitative estimate of drug-likeness (QED) is 0.0903. The molecular formula is C128H84N2O2. The van der Waals surface area contributed by atoms with Crippen molar-refractivity contribution in [1.29, 1.82) is 0 Å². The van der Waals surface area contributed by atoms with E-state index in [1.54, 1.807) is 0 Å². The Morgan fingerprint density at radius 1 is 0.121 bits per heavy atom. The van der Waals surface area contributed by atoms with Crippen molar-refractivity contribution in [3.63, 3.8) is 0 Å². The minimum absolute atomic E-state index is 0.909. The smallest absolute Gasteiger partial charge is 0.143 e. The van der Waals surface area contributed by atoms with Crippen molar-refractivity contribution in [2.75, 3.05) is 9.80 Å². The Hall–Kier alpha value is -17.4. The van der Waals surface area contributed by atoms with Gasteiger partial charge in [0.25, 0.3) is 0 Å². The number of para-hydroxylation sites is 4. The second-order valence-electron chi connectivity index (χ2n) is 34.1. The van der Waals surface area contributed by atoms with E-state index in [2.05, 4.69) is 501 Å². The summed E-state index contributed by atoms with van der Waals surface area (Å²) in [5.41, 5.74) is 33.9. The fraction of sp³-hybridized carbons (Fsp3) is 0. The van der Waals surface area contributed by atoms with Crippen LogP contribution in [0.15, 0.2) is 518 Å². The number of benzene rings is 23. The van der Waals surface area contributed by atoms with Crippen molar-refractivity contribution in [2.24, 2.45) is 0 Å². The lowest BCUT2D eigenvalue weighted by molar-refractivity contribution is 0.669. The van der Waals surface area contributed by atoms with Gasteiger partial charge in [0, 0.05) is 66.8 Å². The molecule has 0 aliphatic heterocycles. The molecule has 0 N–H and O–H groups in total. The molecule has 132 heavy (non-hydrogen) atoms. The molecule has 0 atom stereocenters. The SMILES string of the molecule is c1ccc(-c2ccc(-c3ccc(N(c4ccc(-c5ccc(-c6ccccc6)cc5)cc4)c4ccc5c(ccc6cc(-c7cccc8c7oc7ccccc78)ccc65)c4)cc3)cc2)cc1.c1ccc(-c2ccc(-c3ccc(N(c4ccc(-c5ccc(-c6ccccc6)cc5)cc4)c4ccc5c6ccc(-c7cccc8c7oc7ccccc78)cc6c6ccccc6c5c4)cc3)cc2)cc1. The fourth-order valence-electron chi connectivity index (χ4n) is 19.6. The maximum Gasteiger partial charge on any atom is 0.143 e. The molecule has 0 fully saturated rings. The van der Waals surface area contributed by atoms with Gasteiger partial charge in [-0.15, -0.1) is 0 Å². The summed E-state index contributed by atoms with van der Waals surface area (Å²) in [5, 5.41) is 16.7. The van der Waals surface area contributed by atoms with Crippen molar-refractivity contribution in [2.45, 2.75) is 0 Å². The van der Waals surface area contributed by atoms with E-state index >= 15 is 0 Å². The summed E-state index contributed by atoms with van der Waals surface area (Å²) in [6.45, 7) is 0.